The minimum atomic E-state index is -0.0891. The van der Waals surface area contributed by atoms with Gasteiger partial charge in [-0.1, -0.05) is 131 Å². The minimum Gasteiger partial charge on any atom is -0.340 e. The number of nitrogens with one attached hydrogen (secondary N) is 3. The maximum absolute atomic E-state index is 12.8. The molecular formula is C101H107BrClN19O4. The molecule has 12 aromatic rings. The lowest BCUT2D eigenvalue weighted by Crippen LogP contribution is -2.51. The number of aromatic nitrogens is 8. The van der Waals surface area contributed by atoms with E-state index in [0.717, 1.165) is 153 Å². The van der Waals surface area contributed by atoms with Gasteiger partial charge in [-0.3, -0.25) is 64.6 Å². The van der Waals surface area contributed by atoms with Crippen LogP contribution in [0.1, 0.15) is 142 Å². The SMILES string of the molecule is Cc1ccc2c(c1)CCc1c(Cl)ccnc1C2N1CCN(C(=O)Cc2cccnc2)CC1.Cc1ccc2c(c1)CCc1cc(Br)cnc1C2N1CCN(C(=O)Nc2cccnc2)CC1.Cc1ccc2c(c1)CCc1cccnc1C2N1CCN(C(=O)Nc2ccccn2)CC1.Cc1ccc2c(c1)CCc1cccnc1[C@H]2N1CCN(C(=O)Nc2cccnc2)CC1. The fraction of sp³-hybridized carbons (Fsp3) is 0.327. The molecule has 0 spiro atoms. The molecule has 126 heavy (non-hydrogen) atoms. The number of hydrogen-bond donors (Lipinski definition) is 3. The molecular weight excluding hydrogens is 1660 g/mol. The Morgan fingerprint density at radius 1 is 0.341 bits per heavy atom. The van der Waals surface area contributed by atoms with E-state index < -0.39 is 0 Å². The van der Waals surface area contributed by atoms with Gasteiger partial charge in [-0.05, 0) is 234 Å². The van der Waals surface area contributed by atoms with Crippen LogP contribution in [0.5, 0.6) is 0 Å². The zero-order chi connectivity index (χ0) is 86.6. The predicted octanol–water partition coefficient (Wildman–Crippen LogP) is 16.2. The number of rotatable bonds is 9. The van der Waals surface area contributed by atoms with Gasteiger partial charge in [0.2, 0.25) is 5.91 Å². The average Bonchev–Trinajstić information content (AvgIpc) is 1.56. The number of hydrogen-bond acceptors (Lipinski definition) is 16. The highest BCUT2D eigenvalue weighted by Gasteiger charge is 2.39. The standard InChI is InChI=1S/C26H27ClN4O.C25H26BrN5O.2C25H27N5O/c1-18-4-6-21-20(15-18)5-7-22-23(27)8-10-29-25(22)26(21)31-13-11-30(12-14-31)24(32)16-19-3-2-9-28-17-19;1-17-4-7-22-18(13-17)5-6-19-14-20(26)15-28-23(19)24(22)30-9-11-31(12-10-30)25(32)29-21-3-2-8-27-16-21;1-18-6-9-22-20(16-18)8-7-19-4-2-11-27-23(19)24(22)29-12-14-30(15-13-29)25(31)28-21-5-3-10-26-17-21;1-18-7-10-21-20(17-18)9-8-19-5-4-12-27-23(19)24(21)29-13-15-30(16-14-29)25(31)28-22-6-2-3-11-26-22/h2-4,6,8-10,15,17,26H,5,7,11-14,16H2,1H3;2-4,7-8,13-16,24H,5-6,9-12H2,1H3,(H,29,32);2-6,9-11,16-17,24H,7-8,12-15H2,1H3,(H,28,31);2-7,10-12,17,24H,8-9,13-16H2,1H3,(H,26,28,31)/t;;24-;/m..0./s1. The van der Waals surface area contributed by atoms with Crippen LogP contribution >= 0.6 is 27.5 Å². The number of pyridine rings is 8. The molecule has 4 fully saturated rings. The van der Waals surface area contributed by atoms with Crippen LogP contribution in [0.2, 0.25) is 5.02 Å². The van der Waals surface area contributed by atoms with Crippen molar-refractivity contribution in [2.24, 2.45) is 0 Å². The molecule has 644 valence electrons. The summed E-state index contributed by atoms with van der Waals surface area (Å²) in [4.78, 5) is 104. The Kier molecular flexibility index (Phi) is 27.4. The van der Waals surface area contributed by atoms with Gasteiger partial charge in [0.15, 0.2) is 0 Å². The Morgan fingerprint density at radius 2 is 0.722 bits per heavy atom. The molecule has 0 saturated carbocycles. The minimum absolute atomic E-state index is 0.0666. The van der Waals surface area contributed by atoms with Gasteiger partial charge in [-0.15, -0.1) is 0 Å². The van der Waals surface area contributed by atoms with E-state index >= 15 is 0 Å². The van der Waals surface area contributed by atoms with Crippen molar-refractivity contribution in [1.29, 1.82) is 0 Å². The van der Waals surface area contributed by atoms with Crippen molar-refractivity contribution in [3.8, 4) is 0 Å². The van der Waals surface area contributed by atoms with Crippen molar-refractivity contribution in [2.45, 2.75) is 110 Å². The summed E-state index contributed by atoms with van der Waals surface area (Å²) in [5, 5.41) is 9.59. The van der Waals surface area contributed by atoms with E-state index in [1.807, 2.05) is 111 Å². The molecule has 3 unspecified atom stereocenters. The predicted molar refractivity (Wildman–Crippen MR) is 497 cm³/mol. The Labute approximate surface area is 751 Å². The lowest BCUT2D eigenvalue weighted by molar-refractivity contribution is -0.132. The molecule has 23 nitrogen and oxygen atoms in total. The van der Waals surface area contributed by atoms with Crippen molar-refractivity contribution >= 4 is 68.7 Å². The van der Waals surface area contributed by atoms with Crippen molar-refractivity contribution < 1.29 is 19.2 Å². The van der Waals surface area contributed by atoms with Crippen LogP contribution in [0, 0.1) is 27.7 Å². The molecule has 4 aromatic carbocycles. The largest absolute Gasteiger partial charge is 0.340 e. The molecule has 4 aliphatic heterocycles. The molecule has 8 aliphatic rings. The van der Waals surface area contributed by atoms with Crippen LogP contribution in [0.4, 0.5) is 31.6 Å². The van der Waals surface area contributed by atoms with Gasteiger partial charge < -0.3 is 30.2 Å². The van der Waals surface area contributed by atoms with E-state index in [4.69, 9.17) is 31.5 Å². The van der Waals surface area contributed by atoms with Crippen molar-refractivity contribution in [3.05, 3.63) is 359 Å². The molecule has 4 atom stereocenters. The molecule has 7 amide bonds. The van der Waals surface area contributed by atoms with Crippen molar-refractivity contribution in [3.63, 3.8) is 0 Å². The molecule has 0 radical (unpaired) electrons. The number of piperazine rings is 4. The Hall–Kier alpha value is -12.0. The highest BCUT2D eigenvalue weighted by molar-refractivity contribution is 9.10. The molecule has 0 bridgehead atoms. The van der Waals surface area contributed by atoms with Gasteiger partial charge >= 0.3 is 18.1 Å². The number of halogens is 2. The lowest BCUT2D eigenvalue weighted by atomic mass is 9.94. The summed E-state index contributed by atoms with van der Waals surface area (Å²) in [6.07, 6.45) is 27.9. The van der Waals surface area contributed by atoms with Crippen LogP contribution in [0.3, 0.4) is 0 Å². The van der Waals surface area contributed by atoms with Crippen LogP contribution < -0.4 is 16.0 Å². The summed E-state index contributed by atoms with van der Waals surface area (Å²) in [5.41, 5.74) is 28.2. The number of anilines is 3. The first-order valence-corrected chi connectivity index (χ1v) is 45.3. The van der Waals surface area contributed by atoms with Gasteiger partial charge in [-0.25, -0.2) is 19.4 Å². The normalized spacial score (nSPS) is 18.6. The summed E-state index contributed by atoms with van der Waals surface area (Å²) >= 11 is 10.2. The number of urea groups is 3. The Bertz CT molecular complexity index is 5600. The molecule has 3 N–H and O–H groups in total. The maximum atomic E-state index is 12.8. The van der Waals surface area contributed by atoms with Crippen molar-refractivity contribution in [2.75, 3.05) is 121 Å². The average molecular weight is 1770 g/mol. The third kappa shape index (κ3) is 20.2. The second-order valence-corrected chi connectivity index (χ2v) is 35.2. The van der Waals surface area contributed by atoms with E-state index in [2.05, 4.69) is 190 Å². The summed E-state index contributed by atoms with van der Waals surface area (Å²) in [6, 6.07) is 56.7. The molecule has 8 aromatic heterocycles. The van der Waals surface area contributed by atoms with Crippen molar-refractivity contribution in [1.82, 2.24) is 79.1 Å². The van der Waals surface area contributed by atoms with E-state index in [0.29, 0.717) is 64.6 Å². The number of aryl methyl sites for hydroxylation is 11. The summed E-state index contributed by atoms with van der Waals surface area (Å²) < 4.78 is 1.02. The van der Waals surface area contributed by atoms with Gasteiger partial charge in [0.05, 0.1) is 77.1 Å². The Morgan fingerprint density at radius 3 is 1.15 bits per heavy atom. The monoisotopic (exact) mass is 1760 g/mol. The maximum Gasteiger partial charge on any atom is 0.323 e. The van der Waals surface area contributed by atoms with E-state index in [1.54, 1.807) is 49.4 Å². The van der Waals surface area contributed by atoms with E-state index in [1.165, 1.54) is 89.1 Å². The lowest BCUT2D eigenvalue weighted by Gasteiger charge is -2.40. The summed E-state index contributed by atoms with van der Waals surface area (Å²) in [7, 11) is 0. The zero-order valence-corrected chi connectivity index (χ0v) is 74.3. The molecule has 4 saturated heterocycles. The fourth-order valence-electron chi connectivity index (χ4n) is 19.2. The third-order valence-electron chi connectivity index (χ3n) is 25.6. The first-order chi connectivity index (χ1) is 61.6. The number of fused-ring (bicyclic) bond motifs is 8. The van der Waals surface area contributed by atoms with Crippen LogP contribution in [-0.4, -0.2) is 208 Å². The summed E-state index contributed by atoms with van der Waals surface area (Å²) in [5.74, 6) is 0.747. The quantitative estimate of drug-likeness (QED) is 0.122. The van der Waals surface area contributed by atoms with Crippen LogP contribution in [0.25, 0.3) is 0 Å². The topological polar surface area (TPSA) is 233 Å². The second kappa shape index (κ2) is 40.1. The smallest absolute Gasteiger partial charge is 0.323 e. The number of nitrogens with zero attached hydrogens (tertiary/aromatic N) is 16. The Balaban J connectivity index is 0.000000119. The first kappa shape index (κ1) is 86.1. The molecule has 20 rings (SSSR count). The van der Waals surface area contributed by atoms with Gasteiger partial charge in [0.25, 0.3) is 0 Å². The number of carbonyl (C=O) groups excluding carboxylic acids is 4. The number of benzene rings is 4. The van der Waals surface area contributed by atoms with Crippen LogP contribution in [-0.2, 0) is 62.6 Å². The first-order valence-electron chi connectivity index (χ1n) is 44.1. The van der Waals surface area contributed by atoms with Crippen LogP contribution in [0.15, 0.2) is 236 Å². The van der Waals surface area contributed by atoms with E-state index in [-0.39, 0.29) is 48.2 Å². The molecule has 12 heterocycles. The van der Waals surface area contributed by atoms with Gasteiger partial charge in [0.1, 0.15) is 5.82 Å². The highest BCUT2D eigenvalue weighted by atomic mass is 79.9. The zero-order valence-electron chi connectivity index (χ0n) is 72.0. The number of amides is 7. The summed E-state index contributed by atoms with van der Waals surface area (Å²) in [6.45, 7) is 20.6. The van der Waals surface area contributed by atoms with E-state index in [9.17, 15) is 19.2 Å². The highest BCUT2D eigenvalue weighted by Crippen LogP contribution is 2.43. The van der Waals surface area contributed by atoms with Gasteiger partial charge in [0, 0.05) is 170 Å². The molecule has 25 heteroatoms. The third-order valence-corrected chi connectivity index (χ3v) is 26.4. The second-order valence-electron chi connectivity index (χ2n) is 33.9. The fourth-order valence-corrected chi connectivity index (χ4v) is 19.8. The van der Waals surface area contributed by atoms with Gasteiger partial charge in [-0.2, -0.15) is 0 Å². The molecule has 4 aliphatic carbocycles. The number of carbonyl (C=O) groups is 4.